The summed E-state index contributed by atoms with van der Waals surface area (Å²) in [6.45, 7) is 3.72. The Labute approximate surface area is 135 Å². The van der Waals surface area contributed by atoms with Crippen molar-refractivity contribution >= 4 is 17.5 Å². The van der Waals surface area contributed by atoms with E-state index in [0.29, 0.717) is 11.4 Å². The van der Waals surface area contributed by atoms with Gasteiger partial charge in [-0.05, 0) is 43.2 Å². The number of hydrogen-bond donors (Lipinski definition) is 2. The molecule has 0 aliphatic carbocycles. The molecule has 0 saturated heterocycles. The zero-order chi connectivity index (χ0) is 16.8. The van der Waals surface area contributed by atoms with Gasteiger partial charge in [0.1, 0.15) is 5.75 Å². The summed E-state index contributed by atoms with van der Waals surface area (Å²) in [5, 5.41) is 2.67. The smallest absolute Gasteiger partial charge is 0.265 e. The minimum atomic E-state index is -0.705. The van der Waals surface area contributed by atoms with Crippen LogP contribution < -0.4 is 15.8 Å². The van der Waals surface area contributed by atoms with Crippen molar-refractivity contribution in [3.05, 3.63) is 59.7 Å². The van der Waals surface area contributed by atoms with Gasteiger partial charge < -0.3 is 15.8 Å². The Hall–Kier alpha value is -2.82. The molecule has 0 aromatic heterocycles. The topological polar surface area (TPSA) is 81.4 Å². The summed E-state index contributed by atoms with van der Waals surface area (Å²) in [5.41, 5.74) is 7.14. The molecule has 0 fully saturated rings. The number of ether oxygens (including phenoxy) is 1. The third kappa shape index (κ3) is 4.32. The van der Waals surface area contributed by atoms with Crippen LogP contribution in [0.5, 0.6) is 5.75 Å². The van der Waals surface area contributed by atoms with Gasteiger partial charge in [-0.3, -0.25) is 9.59 Å². The minimum absolute atomic E-state index is 0.264. The van der Waals surface area contributed by atoms with E-state index in [1.165, 1.54) is 5.56 Å². The van der Waals surface area contributed by atoms with Crippen LogP contribution in [0.3, 0.4) is 0 Å². The first-order valence-corrected chi connectivity index (χ1v) is 7.46. The highest BCUT2D eigenvalue weighted by Crippen LogP contribution is 2.17. The lowest BCUT2D eigenvalue weighted by molar-refractivity contribution is -0.122. The number of carbonyl (C=O) groups excluding carboxylic acids is 2. The first kappa shape index (κ1) is 16.5. The van der Waals surface area contributed by atoms with E-state index in [2.05, 4.69) is 12.2 Å². The van der Waals surface area contributed by atoms with Crippen molar-refractivity contribution in [3.8, 4) is 5.75 Å². The van der Waals surface area contributed by atoms with Crippen molar-refractivity contribution in [3.63, 3.8) is 0 Å². The Balaban J connectivity index is 2.04. The van der Waals surface area contributed by atoms with Crippen molar-refractivity contribution in [2.45, 2.75) is 26.4 Å². The Morgan fingerprint density at radius 3 is 2.39 bits per heavy atom. The Morgan fingerprint density at radius 2 is 1.78 bits per heavy atom. The van der Waals surface area contributed by atoms with Gasteiger partial charge in [-0.1, -0.05) is 31.2 Å². The van der Waals surface area contributed by atoms with Gasteiger partial charge in [0.15, 0.2) is 6.10 Å². The standard InChI is InChI=1S/C18H20N2O3/c1-3-13-8-10-14(11-9-13)23-12(2)18(22)20-16-7-5-4-6-15(16)17(19)21/h4-12H,3H2,1-2H3,(H2,19,21)(H,20,22)/t12-/m1/s1. The molecule has 2 aromatic rings. The average Bonchev–Trinajstić information content (AvgIpc) is 2.55. The third-order valence-electron chi connectivity index (χ3n) is 3.46. The highest BCUT2D eigenvalue weighted by atomic mass is 16.5. The maximum absolute atomic E-state index is 12.2. The number of para-hydroxylation sites is 1. The van der Waals surface area contributed by atoms with E-state index in [1.54, 1.807) is 31.2 Å². The summed E-state index contributed by atoms with van der Waals surface area (Å²) >= 11 is 0. The predicted molar refractivity (Wildman–Crippen MR) is 89.5 cm³/mol. The van der Waals surface area contributed by atoms with Crippen LogP contribution in [-0.2, 0) is 11.2 Å². The number of amides is 2. The van der Waals surface area contributed by atoms with Gasteiger partial charge in [-0.25, -0.2) is 0 Å². The Morgan fingerprint density at radius 1 is 1.13 bits per heavy atom. The number of primary amides is 1. The molecule has 2 rings (SSSR count). The van der Waals surface area contributed by atoms with Crippen molar-refractivity contribution in [2.75, 3.05) is 5.32 Å². The molecule has 2 aromatic carbocycles. The van der Waals surface area contributed by atoms with Gasteiger partial charge in [-0.2, -0.15) is 0 Å². The molecule has 5 nitrogen and oxygen atoms in total. The molecular formula is C18H20N2O3. The molecule has 120 valence electrons. The fourth-order valence-electron chi connectivity index (χ4n) is 2.10. The molecule has 0 unspecified atom stereocenters. The summed E-state index contributed by atoms with van der Waals surface area (Å²) in [6.07, 6.45) is 0.239. The predicted octanol–water partition coefficient (Wildman–Crippen LogP) is 2.75. The van der Waals surface area contributed by atoms with Crippen molar-refractivity contribution in [2.24, 2.45) is 5.73 Å². The molecule has 0 spiro atoms. The monoisotopic (exact) mass is 312 g/mol. The Kier molecular flexibility index (Phi) is 5.36. The SMILES string of the molecule is CCc1ccc(O[C@H](C)C(=O)Nc2ccccc2C(N)=O)cc1. The summed E-state index contributed by atoms with van der Waals surface area (Å²) in [6, 6.07) is 14.2. The van der Waals surface area contributed by atoms with Crippen LogP contribution in [0, 0.1) is 0 Å². The maximum Gasteiger partial charge on any atom is 0.265 e. The number of carbonyl (C=O) groups is 2. The highest BCUT2D eigenvalue weighted by molar-refractivity contribution is 6.03. The summed E-state index contributed by atoms with van der Waals surface area (Å²) in [4.78, 5) is 23.6. The fraction of sp³-hybridized carbons (Fsp3) is 0.222. The van der Waals surface area contributed by atoms with Gasteiger partial charge in [0, 0.05) is 0 Å². The zero-order valence-electron chi connectivity index (χ0n) is 13.2. The maximum atomic E-state index is 12.2. The van der Waals surface area contributed by atoms with Crippen LogP contribution in [0.25, 0.3) is 0 Å². The molecule has 0 radical (unpaired) electrons. The molecule has 5 heteroatoms. The minimum Gasteiger partial charge on any atom is -0.481 e. The van der Waals surface area contributed by atoms with E-state index in [0.717, 1.165) is 6.42 Å². The third-order valence-corrected chi connectivity index (χ3v) is 3.46. The Bertz CT molecular complexity index is 696. The van der Waals surface area contributed by atoms with Gasteiger partial charge in [0.25, 0.3) is 11.8 Å². The molecule has 0 aliphatic heterocycles. The largest absolute Gasteiger partial charge is 0.481 e. The number of aryl methyl sites for hydroxylation is 1. The number of hydrogen-bond acceptors (Lipinski definition) is 3. The van der Waals surface area contributed by atoms with E-state index in [9.17, 15) is 9.59 Å². The first-order chi connectivity index (χ1) is 11.0. The van der Waals surface area contributed by atoms with Crippen molar-refractivity contribution < 1.29 is 14.3 Å². The molecule has 0 aliphatic rings. The van der Waals surface area contributed by atoms with E-state index in [-0.39, 0.29) is 11.5 Å². The van der Waals surface area contributed by atoms with Crippen LogP contribution >= 0.6 is 0 Å². The number of nitrogens with two attached hydrogens (primary N) is 1. The molecule has 0 bridgehead atoms. The lowest BCUT2D eigenvalue weighted by atomic mass is 10.1. The molecule has 3 N–H and O–H groups in total. The summed E-state index contributed by atoms with van der Waals surface area (Å²) in [7, 11) is 0. The lowest BCUT2D eigenvalue weighted by Gasteiger charge is -2.16. The lowest BCUT2D eigenvalue weighted by Crippen LogP contribution is -2.31. The first-order valence-electron chi connectivity index (χ1n) is 7.46. The number of benzene rings is 2. The van der Waals surface area contributed by atoms with Gasteiger partial charge >= 0.3 is 0 Å². The van der Waals surface area contributed by atoms with Gasteiger partial charge in [0.05, 0.1) is 11.3 Å². The second kappa shape index (κ2) is 7.45. The van der Waals surface area contributed by atoms with Crippen LogP contribution in [0.2, 0.25) is 0 Å². The number of nitrogens with one attached hydrogen (secondary N) is 1. The molecular weight excluding hydrogens is 292 g/mol. The normalized spacial score (nSPS) is 11.6. The van der Waals surface area contributed by atoms with E-state index in [4.69, 9.17) is 10.5 Å². The molecule has 0 saturated carbocycles. The average molecular weight is 312 g/mol. The highest BCUT2D eigenvalue weighted by Gasteiger charge is 2.17. The van der Waals surface area contributed by atoms with E-state index >= 15 is 0 Å². The quantitative estimate of drug-likeness (QED) is 0.860. The van der Waals surface area contributed by atoms with Crippen molar-refractivity contribution in [1.29, 1.82) is 0 Å². The molecule has 0 heterocycles. The number of rotatable bonds is 6. The van der Waals surface area contributed by atoms with E-state index < -0.39 is 12.0 Å². The molecule has 23 heavy (non-hydrogen) atoms. The second-order valence-electron chi connectivity index (χ2n) is 5.16. The number of anilines is 1. The van der Waals surface area contributed by atoms with Crippen LogP contribution in [-0.4, -0.2) is 17.9 Å². The summed E-state index contributed by atoms with van der Waals surface area (Å²) < 4.78 is 5.62. The fourth-order valence-corrected chi connectivity index (χ4v) is 2.10. The van der Waals surface area contributed by atoms with Crippen LogP contribution in [0.4, 0.5) is 5.69 Å². The second-order valence-corrected chi connectivity index (χ2v) is 5.16. The van der Waals surface area contributed by atoms with Crippen LogP contribution in [0.15, 0.2) is 48.5 Å². The molecule has 2 amide bonds. The van der Waals surface area contributed by atoms with Gasteiger partial charge in [-0.15, -0.1) is 0 Å². The van der Waals surface area contributed by atoms with Crippen molar-refractivity contribution in [1.82, 2.24) is 0 Å². The van der Waals surface area contributed by atoms with Crippen LogP contribution in [0.1, 0.15) is 29.8 Å². The van der Waals surface area contributed by atoms with E-state index in [1.807, 2.05) is 24.3 Å². The molecule has 1 atom stereocenters. The zero-order valence-corrected chi connectivity index (χ0v) is 13.2. The summed E-state index contributed by atoms with van der Waals surface area (Å²) in [5.74, 6) is -0.323. The van der Waals surface area contributed by atoms with Gasteiger partial charge in [0.2, 0.25) is 0 Å².